The van der Waals surface area contributed by atoms with Crippen molar-refractivity contribution in [1.82, 2.24) is 0 Å². The maximum atomic E-state index is 13.2. The fourth-order valence-corrected chi connectivity index (χ4v) is 1.85. The van der Waals surface area contributed by atoms with E-state index in [1.807, 2.05) is 6.92 Å². The van der Waals surface area contributed by atoms with Gasteiger partial charge in [-0.05, 0) is 38.0 Å². The van der Waals surface area contributed by atoms with Crippen molar-refractivity contribution in [2.45, 2.75) is 57.4 Å². The second-order valence-corrected chi connectivity index (χ2v) is 5.52. The van der Waals surface area contributed by atoms with E-state index in [0.29, 0.717) is 12.2 Å². The molecule has 126 valence electrons. The smallest absolute Gasteiger partial charge is 0.453 e. The summed E-state index contributed by atoms with van der Waals surface area (Å²) in [6.45, 7) is 4.60. The molecule has 7 heteroatoms. The predicted molar refractivity (Wildman–Crippen MR) is 72.0 cm³/mol. The van der Waals surface area contributed by atoms with Gasteiger partial charge in [0.05, 0.1) is 18.1 Å². The number of halogens is 5. The van der Waals surface area contributed by atoms with Crippen molar-refractivity contribution >= 4 is 0 Å². The van der Waals surface area contributed by atoms with Crippen LogP contribution in [-0.4, -0.2) is 23.3 Å². The number of rotatable bonds is 6. The molecule has 1 aromatic carbocycles. The molecule has 0 bridgehead atoms. The lowest BCUT2D eigenvalue weighted by Crippen LogP contribution is -2.42. The average molecular weight is 326 g/mol. The molecular weight excluding hydrogens is 307 g/mol. The molecule has 0 aromatic heterocycles. The van der Waals surface area contributed by atoms with Crippen molar-refractivity contribution in [3.05, 3.63) is 29.8 Å². The first-order valence-electron chi connectivity index (χ1n) is 6.83. The molecule has 2 atom stereocenters. The van der Waals surface area contributed by atoms with Crippen molar-refractivity contribution in [3.8, 4) is 5.75 Å². The van der Waals surface area contributed by atoms with Gasteiger partial charge in [-0.1, -0.05) is 19.1 Å². The van der Waals surface area contributed by atoms with Gasteiger partial charge in [0.15, 0.2) is 0 Å². The lowest BCUT2D eigenvalue weighted by molar-refractivity contribution is -0.297. The topological polar surface area (TPSA) is 29.5 Å². The number of aliphatic hydroxyl groups is 1. The van der Waals surface area contributed by atoms with E-state index in [4.69, 9.17) is 4.74 Å². The summed E-state index contributed by atoms with van der Waals surface area (Å²) in [5.74, 6) is -4.67. The van der Waals surface area contributed by atoms with Crippen molar-refractivity contribution in [1.29, 1.82) is 0 Å². The number of hydrogen-bond acceptors (Lipinski definition) is 2. The van der Waals surface area contributed by atoms with Crippen molar-refractivity contribution in [3.63, 3.8) is 0 Å². The fourth-order valence-electron chi connectivity index (χ4n) is 1.85. The van der Waals surface area contributed by atoms with Crippen LogP contribution in [0.3, 0.4) is 0 Å². The van der Waals surface area contributed by atoms with Crippen molar-refractivity contribution < 1.29 is 31.8 Å². The van der Waals surface area contributed by atoms with Gasteiger partial charge in [0.1, 0.15) is 5.75 Å². The first-order chi connectivity index (χ1) is 9.89. The highest BCUT2D eigenvalue weighted by Crippen LogP contribution is 2.44. The van der Waals surface area contributed by atoms with Gasteiger partial charge >= 0.3 is 12.1 Å². The van der Waals surface area contributed by atoms with Crippen molar-refractivity contribution in [2.75, 3.05) is 0 Å². The molecule has 0 saturated carbocycles. The Labute approximate surface area is 125 Å². The number of hydrogen-bond donors (Lipinski definition) is 1. The van der Waals surface area contributed by atoms with E-state index < -0.39 is 24.1 Å². The van der Waals surface area contributed by atoms with Crippen LogP contribution in [0.4, 0.5) is 22.0 Å². The van der Waals surface area contributed by atoms with E-state index >= 15 is 0 Å². The van der Waals surface area contributed by atoms with E-state index in [0.717, 1.165) is 6.92 Å². The first kappa shape index (κ1) is 18.7. The number of alkyl halides is 5. The van der Waals surface area contributed by atoms with Crippen LogP contribution in [0.15, 0.2) is 24.3 Å². The highest BCUT2D eigenvalue weighted by molar-refractivity contribution is 5.32. The lowest BCUT2D eigenvalue weighted by Gasteiger charge is -2.30. The summed E-state index contributed by atoms with van der Waals surface area (Å²) in [6, 6.07) is 5.55. The van der Waals surface area contributed by atoms with Gasteiger partial charge in [-0.15, -0.1) is 0 Å². The number of ether oxygens (including phenoxy) is 1. The Balaban J connectivity index is 3.00. The Hall–Kier alpha value is -1.37. The van der Waals surface area contributed by atoms with Gasteiger partial charge in [-0.3, -0.25) is 0 Å². The van der Waals surface area contributed by atoms with Gasteiger partial charge in [0.2, 0.25) is 0 Å². The third-order valence-electron chi connectivity index (χ3n) is 3.35. The minimum Gasteiger partial charge on any atom is -0.491 e. The molecule has 2 nitrogen and oxygen atoms in total. The molecular formula is C15H19F5O2. The van der Waals surface area contributed by atoms with Crippen LogP contribution in [-0.2, 0) is 5.60 Å². The van der Waals surface area contributed by atoms with Gasteiger partial charge in [0, 0.05) is 0 Å². The SMILES string of the molecule is CCC(C)Oc1cccc(C(C)(O)CC(F)(F)C(F)(F)F)c1. The summed E-state index contributed by atoms with van der Waals surface area (Å²) in [7, 11) is 0. The largest absolute Gasteiger partial charge is 0.491 e. The molecule has 0 amide bonds. The van der Waals surface area contributed by atoms with Crippen molar-refractivity contribution in [2.24, 2.45) is 0 Å². The molecule has 0 radical (unpaired) electrons. The van der Waals surface area contributed by atoms with Gasteiger partial charge in [-0.25, -0.2) is 0 Å². The van der Waals surface area contributed by atoms with Crippen LogP contribution < -0.4 is 4.74 Å². The highest BCUT2D eigenvalue weighted by atomic mass is 19.4. The minimum absolute atomic E-state index is 0.0581. The summed E-state index contributed by atoms with van der Waals surface area (Å²) in [6.07, 6.45) is -6.90. The molecule has 0 aliphatic carbocycles. The van der Waals surface area contributed by atoms with Crippen LogP contribution in [0.25, 0.3) is 0 Å². The Morgan fingerprint density at radius 1 is 1.18 bits per heavy atom. The molecule has 0 aliphatic rings. The fraction of sp³-hybridized carbons (Fsp3) is 0.600. The Bertz CT molecular complexity index is 497. The second-order valence-electron chi connectivity index (χ2n) is 5.52. The summed E-state index contributed by atoms with van der Waals surface area (Å²) in [5, 5.41) is 10.1. The highest BCUT2D eigenvalue weighted by Gasteiger charge is 2.60. The Morgan fingerprint density at radius 2 is 1.77 bits per heavy atom. The quantitative estimate of drug-likeness (QED) is 0.771. The summed E-state index contributed by atoms with van der Waals surface area (Å²) in [5.41, 5.74) is -2.40. The Kier molecular flexibility index (Phi) is 5.43. The van der Waals surface area contributed by atoms with Crippen LogP contribution in [0.1, 0.15) is 39.2 Å². The third-order valence-corrected chi connectivity index (χ3v) is 3.35. The zero-order valence-electron chi connectivity index (χ0n) is 12.5. The van der Waals surface area contributed by atoms with Crippen LogP contribution in [0.5, 0.6) is 5.75 Å². The van der Waals surface area contributed by atoms with Gasteiger partial charge in [-0.2, -0.15) is 22.0 Å². The van der Waals surface area contributed by atoms with E-state index in [-0.39, 0.29) is 11.7 Å². The van der Waals surface area contributed by atoms with Crippen LogP contribution >= 0.6 is 0 Å². The third kappa shape index (κ3) is 4.56. The molecule has 2 unspecified atom stereocenters. The zero-order valence-corrected chi connectivity index (χ0v) is 12.5. The summed E-state index contributed by atoms with van der Waals surface area (Å²) in [4.78, 5) is 0. The lowest BCUT2D eigenvalue weighted by atomic mass is 9.89. The minimum atomic E-state index is -5.71. The van der Waals surface area contributed by atoms with Crippen LogP contribution in [0, 0.1) is 0 Å². The van der Waals surface area contributed by atoms with Gasteiger partial charge in [0.25, 0.3) is 0 Å². The first-order valence-corrected chi connectivity index (χ1v) is 6.83. The van der Waals surface area contributed by atoms with E-state index in [2.05, 4.69) is 0 Å². The van der Waals surface area contributed by atoms with E-state index in [1.54, 1.807) is 13.0 Å². The molecule has 1 rings (SSSR count). The molecule has 0 spiro atoms. The maximum Gasteiger partial charge on any atom is 0.453 e. The molecule has 0 fully saturated rings. The van der Waals surface area contributed by atoms with Crippen LogP contribution in [0.2, 0.25) is 0 Å². The second kappa shape index (κ2) is 6.40. The maximum absolute atomic E-state index is 13.2. The summed E-state index contributed by atoms with van der Waals surface area (Å²) >= 11 is 0. The zero-order chi connectivity index (χ0) is 17.2. The van der Waals surface area contributed by atoms with Gasteiger partial charge < -0.3 is 9.84 Å². The molecule has 1 N–H and O–H groups in total. The standard InChI is InChI=1S/C15H19F5O2/c1-4-10(2)22-12-7-5-6-11(8-12)13(3,21)9-14(16,17)15(18,19)20/h5-8,10,21H,4,9H2,1-3H3. The molecule has 22 heavy (non-hydrogen) atoms. The normalized spacial score (nSPS) is 17.0. The summed E-state index contributed by atoms with van der Waals surface area (Å²) < 4.78 is 68.7. The monoisotopic (exact) mass is 326 g/mol. The number of benzene rings is 1. The molecule has 1 aromatic rings. The molecule has 0 saturated heterocycles. The van der Waals surface area contributed by atoms with E-state index in [1.165, 1.54) is 18.2 Å². The molecule has 0 heterocycles. The average Bonchev–Trinajstić information content (AvgIpc) is 2.36. The predicted octanol–water partition coefficient (Wildman–Crippen LogP) is 4.66. The Morgan fingerprint density at radius 3 is 2.27 bits per heavy atom. The van der Waals surface area contributed by atoms with E-state index in [9.17, 15) is 27.1 Å². The molecule has 0 aliphatic heterocycles.